The summed E-state index contributed by atoms with van der Waals surface area (Å²) in [6.07, 6.45) is 2.80. The molecule has 4 aliphatic rings. The van der Waals surface area contributed by atoms with Crippen LogP contribution in [0.15, 0.2) is 54.1 Å². The standard InChI is InChI=1S/C29H19NO7/c1-15(13-22(33)36-2)28-20-11-5-3-4-6-12-21(32)29(28,37-28)18-14-19(31)23-24(25(18)30-20)27(35)17-10-8-7-9-16(17)26(23)34/h3-4,7-10,13-14,20-21,30-32H,1-2H3/b4-3-,15-13-/t20-,21+,28-,29?/m0/s1. The number of fused-ring (bicyclic) bond motifs is 4. The van der Waals surface area contributed by atoms with Crippen molar-refractivity contribution >= 4 is 23.2 Å². The fourth-order valence-electron chi connectivity index (χ4n) is 5.65. The van der Waals surface area contributed by atoms with Gasteiger partial charge in [0.2, 0.25) is 0 Å². The van der Waals surface area contributed by atoms with E-state index < -0.39 is 46.6 Å². The number of phenols is 1. The molecule has 0 amide bonds. The summed E-state index contributed by atoms with van der Waals surface area (Å²) in [5, 5.41) is 25.7. The van der Waals surface area contributed by atoms with Crippen molar-refractivity contribution in [1.29, 1.82) is 0 Å². The van der Waals surface area contributed by atoms with Crippen molar-refractivity contribution in [2.45, 2.75) is 30.3 Å². The minimum atomic E-state index is -1.60. The number of aliphatic hydroxyl groups is 1. The highest BCUT2D eigenvalue weighted by atomic mass is 16.6. The van der Waals surface area contributed by atoms with Gasteiger partial charge >= 0.3 is 5.97 Å². The molecule has 1 fully saturated rings. The van der Waals surface area contributed by atoms with E-state index in [1.54, 1.807) is 25.1 Å². The number of anilines is 1. The number of carbonyl (C=O) groups excluding carboxylic acids is 3. The molecule has 4 atom stereocenters. The van der Waals surface area contributed by atoms with Gasteiger partial charge in [-0.15, -0.1) is 0 Å². The minimum absolute atomic E-state index is 0.0312. The van der Waals surface area contributed by atoms with E-state index in [9.17, 15) is 24.6 Å². The van der Waals surface area contributed by atoms with Gasteiger partial charge in [-0.05, 0) is 30.7 Å². The van der Waals surface area contributed by atoms with Crippen molar-refractivity contribution in [2.24, 2.45) is 0 Å². The van der Waals surface area contributed by atoms with Gasteiger partial charge in [0.1, 0.15) is 11.8 Å². The molecule has 3 N–H and O–H groups in total. The van der Waals surface area contributed by atoms with E-state index in [0.717, 1.165) is 0 Å². The van der Waals surface area contributed by atoms with Gasteiger partial charge in [0, 0.05) is 22.8 Å². The van der Waals surface area contributed by atoms with Crippen molar-refractivity contribution < 1.29 is 34.1 Å². The summed E-state index contributed by atoms with van der Waals surface area (Å²) in [5.74, 6) is 9.36. The Morgan fingerprint density at radius 3 is 2.43 bits per heavy atom. The number of rotatable bonds is 2. The number of carbonyl (C=O) groups is 3. The van der Waals surface area contributed by atoms with Gasteiger partial charge in [-0.3, -0.25) is 9.59 Å². The normalized spacial score (nSPS) is 28.9. The maximum atomic E-state index is 13.7. The molecule has 0 saturated carbocycles. The van der Waals surface area contributed by atoms with Gasteiger partial charge in [-0.2, -0.15) is 0 Å². The zero-order valence-corrected chi connectivity index (χ0v) is 19.7. The van der Waals surface area contributed by atoms with Crippen LogP contribution in [0.25, 0.3) is 0 Å². The highest BCUT2D eigenvalue weighted by Crippen LogP contribution is 2.68. The maximum absolute atomic E-state index is 13.7. The maximum Gasteiger partial charge on any atom is 0.330 e. The second-order valence-corrected chi connectivity index (χ2v) is 9.09. The van der Waals surface area contributed by atoms with Crippen LogP contribution in [0.3, 0.4) is 0 Å². The number of phenolic OH excluding ortho intramolecular Hbond substituents is 1. The molecular formula is C29H19NO7. The van der Waals surface area contributed by atoms with Crippen molar-refractivity contribution in [3.05, 3.63) is 82.0 Å². The lowest BCUT2D eigenvalue weighted by atomic mass is 9.69. The van der Waals surface area contributed by atoms with Gasteiger partial charge in [-0.25, -0.2) is 4.79 Å². The average molecular weight is 493 g/mol. The lowest BCUT2D eigenvalue weighted by Crippen LogP contribution is -2.50. The van der Waals surface area contributed by atoms with E-state index in [0.29, 0.717) is 5.57 Å². The number of ether oxygens (including phenoxy) is 2. The van der Waals surface area contributed by atoms with Crippen LogP contribution < -0.4 is 5.32 Å². The first-order chi connectivity index (χ1) is 17.8. The van der Waals surface area contributed by atoms with Crippen LogP contribution in [0.2, 0.25) is 0 Å². The molecule has 6 rings (SSSR count). The smallest absolute Gasteiger partial charge is 0.330 e. The van der Waals surface area contributed by atoms with Crippen LogP contribution in [-0.4, -0.2) is 52.6 Å². The molecule has 0 aromatic heterocycles. The number of hydrogen-bond acceptors (Lipinski definition) is 8. The summed E-state index contributed by atoms with van der Waals surface area (Å²) in [6.45, 7) is 1.64. The molecular weight excluding hydrogens is 474 g/mol. The molecule has 2 aromatic rings. The summed E-state index contributed by atoms with van der Waals surface area (Å²) in [6, 6.07) is 6.83. The van der Waals surface area contributed by atoms with E-state index in [-0.39, 0.29) is 33.5 Å². The first kappa shape index (κ1) is 22.8. The largest absolute Gasteiger partial charge is 0.507 e. The van der Waals surface area contributed by atoms with Crippen molar-refractivity contribution in [3.63, 3.8) is 0 Å². The molecule has 2 bridgehead atoms. The molecule has 8 heteroatoms. The SMILES string of the molecule is COC(=O)/C=C(/C)[C@@]12OC13c1cc(O)c4c(c1N[C@H]2C#C/C=C\C#C[C@H]3O)C(=O)c1ccccc1C4=O. The number of hydrogen-bond donors (Lipinski definition) is 3. The fraction of sp³-hybridized carbons (Fsp3) is 0.207. The van der Waals surface area contributed by atoms with Crippen molar-refractivity contribution in [1.82, 2.24) is 0 Å². The zero-order valence-electron chi connectivity index (χ0n) is 19.7. The number of aliphatic hydroxyl groups excluding tert-OH is 1. The quantitative estimate of drug-likeness (QED) is 0.163. The van der Waals surface area contributed by atoms with Crippen LogP contribution in [0.5, 0.6) is 5.75 Å². The van der Waals surface area contributed by atoms with Gasteiger partial charge < -0.3 is 25.0 Å². The van der Waals surface area contributed by atoms with E-state index in [1.807, 2.05) is 0 Å². The van der Waals surface area contributed by atoms with Crippen LogP contribution in [-0.2, 0) is 19.9 Å². The van der Waals surface area contributed by atoms with E-state index in [1.165, 1.54) is 37.5 Å². The highest BCUT2D eigenvalue weighted by Gasteiger charge is 2.81. The summed E-state index contributed by atoms with van der Waals surface area (Å²) in [4.78, 5) is 39.2. The number of esters is 1. The Balaban J connectivity index is 1.67. The van der Waals surface area contributed by atoms with E-state index in [4.69, 9.17) is 9.47 Å². The fourth-order valence-corrected chi connectivity index (χ4v) is 5.65. The molecule has 1 unspecified atom stereocenters. The number of aromatic hydroxyl groups is 1. The Hall–Kier alpha value is -4.63. The highest BCUT2D eigenvalue weighted by molar-refractivity contribution is 6.31. The molecule has 2 heterocycles. The lowest BCUT2D eigenvalue weighted by Gasteiger charge is -2.37. The monoisotopic (exact) mass is 493 g/mol. The average Bonchev–Trinajstić information content (AvgIpc) is 3.62. The molecule has 0 spiro atoms. The Bertz CT molecular complexity index is 1640. The number of ketones is 2. The predicted molar refractivity (Wildman–Crippen MR) is 131 cm³/mol. The summed E-state index contributed by atoms with van der Waals surface area (Å²) < 4.78 is 11.1. The van der Waals surface area contributed by atoms with E-state index in [2.05, 4.69) is 29.0 Å². The van der Waals surface area contributed by atoms with Crippen LogP contribution in [0, 0.1) is 23.7 Å². The third kappa shape index (κ3) is 2.80. The summed E-state index contributed by atoms with van der Waals surface area (Å²) in [7, 11) is 1.24. The van der Waals surface area contributed by atoms with Crippen molar-refractivity contribution in [3.8, 4) is 29.4 Å². The Morgan fingerprint density at radius 2 is 1.76 bits per heavy atom. The molecule has 182 valence electrons. The van der Waals surface area contributed by atoms with Crippen molar-refractivity contribution in [2.75, 3.05) is 12.4 Å². The topological polar surface area (TPSA) is 125 Å². The van der Waals surface area contributed by atoms with Gasteiger partial charge in [0.15, 0.2) is 28.9 Å². The Morgan fingerprint density at radius 1 is 1.11 bits per heavy atom. The molecule has 1 saturated heterocycles. The molecule has 0 radical (unpaired) electrons. The molecule has 37 heavy (non-hydrogen) atoms. The van der Waals surface area contributed by atoms with Crippen LogP contribution in [0.4, 0.5) is 5.69 Å². The number of methoxy groups -OCH3 is 1. The first-order valence-corrected chi connectivity index (χ1v) is 11.5. The third-order valence-electron chi connectivity index (χ3n) is 7.31. The number of allylic oxidation sites excluding steroid dienone is 2. The number of epoxide rings is 1. The van der Waals surface area contributed by atoms with Gasteiger partial charge in [0.25, 0.3) is 0 Å². The van der Waals surface area contributed by atoms with Crippen LogP contribution in [0.1, 0.15) is 44.3 Å². The molecule has 2 aliphatic carbocycles. The lowest BCUT2D eigenvalue weighted by molar-refractivity contribution is -0.134. The summed E-state index contributed by atoms with van der Waals surface area (Å²) >= 11 is 0. The second kappa shape index (κ2) is 7.68. The van der Waals surface area contributed by atoms with Gasteiger partial charge in [0.05, 0.1) is 23.9 Å². The Kier molecular flexibility index (Phi) is 4.74. The molecule has 2 aromatic carbocycles. The molecule has 8 nitrogen and oxygen atoms in total. The minimum Gasteiger partial charge on any atom is -0.507 e. The number of nitrogens with one attached hydrogen (secondary N) is 1. The first-order valence-electron chi connectivity index (χ1n) is 11.5. The third-order valence-corrected chi connectivity index (χ3v) is 7.31. The molecule has 2 aliphatic heterocycles. The zero-order chi connectivity index (χ0) is 26.1. The number of benzene rings is 2. The summed E-state index contributed by atoms with van der Waals surface area (Å²) in [5.41, 5.74) is -1.94. The predicted octanol–water partition coefficient (Wildman–Crippen LogP) is 1.98. The van der Waals surface area contributed by atoms with Gasteiger partial charge in [-0.1, -0.05) is 47.9 Å². The van der Waals surface area contributed by atoms with Crippen LogP contribution >= 0.6 is 0 Å². The van der Waals surface area contributed by atoms with E-state index >= 15 is 0 Å². The second-order valence-electron chi connectivity index (χ2n) is 9.09. The Labute approximate surface area is 211 Å².